The lowest BCUT2D eigenvalue weighted by molar-refractivity contribution is 0.117. The molecule has 0 saturated heterocycles. The molecule has 0 aliphatic carbocycles. The number of nitrogens with zero attached hydrogens (tertiary/aromatic N) is 1. The van der Waals surface area contributed by atoms with Crippen LogP contribution < -0.4 is 10.1 Å². The number of hydrogen-bond donors (Lipinski definition) is 1. The van der Waals surface area contributed by atoms with Gasteiger partial charge in [0, 0.05) is 26.1 Å². The summed E-state index contributed by atoms with van der Waals surface area (Å²) in [6.45, 7) is 6.40. The van der Waals surface area contributed by atoms with Crippen molar-refractivity contribution in [2.75, 3.05) is 46.9 Å². The summed E-state index contributed by atoms with van der Waals surface area (Å²) in [5, 5.41) is 3.40. The summed E-state index contributed by atoms with van der Waals surface area (Å²) in [5.74, 6) is 1.05. The van der Waals surface area contributed by atoms with E-state index in [1.165, 1.54) is 11.1 Å². The number of aryl methyl sites for hydroxylation is 1. The summed E-state index contributed by atoms with van der Waals surface area (Å²) >= 11 is 0. The lowest BCUT2D eigenvalue weighted by atomic mass is 10.1. The first kappa shape index (κ1) is 15.3. The van der Waals surface area contributed by atoms with Crippen LogP contribution >= 0.6 is 0 Å². The molecule has 1 N–H and O–H groups in total. The van der Waals surface area contributed by atoms with Crippen LogP contribution in [0.3, 0.4) is 0 Å². The first-order valence-electron chi connectivity index (χ1n) is 7.34. The van der Waals surface area contributed by atoms with Gasteiger partial charge in [-0.15, -0.1) is 0 Å². The van der Waals surface area contributed by atoms with Crippen LogP contribution in [0.2, 0.25) is 0 Å². The van der Waals surface area contributed by atoms with Gasteiger partial charge in [-0.2, -0.15) is 0 Å². The highest BCUT2D eigenvalue weighted by molar-refractivity contribution is 5.40. The van der Waals surface area contributed by atoms with Crippen LogP contribution in [0.25, 0.3) is 0 Å². The summed E-state index contributed by atoms with van der Waals surface area (Å²) in [6, 6.07) is 6.40. The molecule has 0 saturated carbocycles. The Morgan fingerprint density at radius 2 is 2.20 bits per heavy atom. The van der Waals surface area contributed by atoms with Gasteiger partial charge in [-0.25, -0.2) is 0 Å². The van der Waals surface area contributed by atoms with E-state index in [4.69, 9.17) is 9.47 Å². The summed E-state index contributed by atoms with van der Waals surface area (Å²) in [4.78, 5) is 2.12. The smallest absolute Gasteiger partial charge is 0.123 e. The Morgan fingerprint density at radius 1 is 1.35 bits per heavy atom. The average molecular weight is 278 g/mol. The van der Waals surface area contributed by atoms with Crippen LogP contribution in [-0.4, -0.2) is 57.9 Å². The van der Waals surface area contributed by atoms with Crippen molar-refractivity contribution in [3.8, 4) is 5.75 Å². The van der Waals surface area contributed by atoms with Gasteiger partial charge in [0.25, 0.3) is 0 Å². The fourth-order valence-corrected chi connectivity index (χ4v) is 2.32. The molecule has 0 amide bonds. The Bertz CT molecular complexity index is 421. The van der Waals surface area contributed by atoms with Crippen molar-refractivity contribution in [3.05, 3.63) is 29.3 Å². The van der Waals surface area contributed by atoms with Crippen LogP contribution in [0.15, 0.2) is 18.2 Å². The molecule has 2 rings (SSSR count). The Hall–Kier alpha value is -1.10. The summed E-state index contributed by atoms with van der Waals surface area (Å²) in [6.07, 6.45) is 1.26. The maximum Gasteiger partial charge on any atom is 0.123 e. The molecule has 0 aromatic heterocycles. The number of hydrogen-bond acceptors (Lipinski definition) is 4. The molecule has 4 nitrogen and oxygen atoms in total. The molecule has 0 bridgehead atoms. The third-order valence-electron chi connectivity index (χ3n) is 3.44. The van der Waals surface area contributed by atoms with Crippen molar-refractivity contribution in [1.82, 2.24) is 10.2 Å². The minimum absolute atomic E-state index is 0.258. The van der Waals surface area contributed by atoms with Gasteiger partial charge in [-0.05, 0) is 32.6 Å². The second kappa shape index (κ2) is 7.62. The number of benzene rings is 1. The molecule has 0 radical (unpaired) electrons. The molecule has 112 valence electrons. The quantitative estimate of drug-likeness (QED) is 0.730. The molecule has 1 unspecified atom stereocenters. The van der Waals surface area contributed by atoms with Gasteiger partial charge in [0.1, 0.15) is 11.9 Å². The van der Waals surface area contributed by atoms with Gasteiger partial charge < -0.3 is 19.7 Å². The van der Waals surface area contributed by atoms with Crippen molar-refractivity contribution in [2.24, 2.45) is 0 Å². The standard InChI is InChI=1S/C16H26N2O2/c1-13-4-5-16-14(10-13)11-15(20-16)12-17-6-8-19-9-7-18(2)3/h4-5,10,15,17H,6-9,11-12H2,1-3H3. The molecule has 0 spiro atoms. The molecule has 1 aliphatic heterocycles. The normalized spacial score (nSPS) is 17.3. The topological polar surface area (TPSA) is 33.7 Å². The van der Waals surface area contributed by atoms with E-state index in [2.05, 4.69) is 49.4 Å². The van der Waals surface area contributed by atoms with E-state index in [0.29, 0.717) is 0 Å². The van der Waals surface area contributed by atoms with E-state index in [0.717, 1.165) is 45.0 Å². The highest BCUT2D eigenvalue weighted by Crippen LogP contribution is 2.29. The molecule has 0 fully saturated rings. The highest BCUT2D eigenvalue weighted by Gasteiger charge is 2.21. The third kappa shape index (κ3) is 4.78. The summed E-state index contributed by atoms with van der Waals surface area (Å²) in [7, 11) is 4.11. The zero-order chi connectivity index (χ0) is 14.4. The van der Waals surface area contributed by atoms with Gasteiger partial charge in [0.15, 0.2) is 0 Å². The highest BCUT2D eigenvalue weighted by atomic mass is 16.5. The second-order valence-corrected chi connectivity index (χ2v) is 5.67. The fraction of sp³-hybridized carbons (Fsp3) is 0.625. The van der Waals surface area contributed by atoms with Crippen molar-refractivity contribution in [1.29, 1.82) is 0 Å². The van der Waals surface area contributed by atoms with Crippen molar-refractivity contribution in [3.63, 3.8) is 0 Å². The van der Waals surface area contributed by atoms with Crippen LogP contribution in [0, 0.1) is 6.92 Å². The molecule has 4 heteroatoms. The van der Waals surface area contributed by atoms with E-state index in [-0.39, 0.29) is 6.10 Å². The molecule has 1 atom stereocenters. The number of rotatable bonds is 8. The summed E-state index contributed by atoms with van der Waals surface area (Å²) < 4.78 is 11.5. The molecular weight excluding hydrogens is 252 g/mol. The SMILES string of the molecule is Cc1ccc2c(c1)CC(CNCCOCCN(C)C)O2. The molecule has 1 heterocycles. The predicted octanol–water partition coefficient (Wildman–Crippen LogP) is 1.47. The monoisotopic (exact) mass is 278 g/mol. The van der Waals surface area contributed by atoms with Crippen molar-refractivity contribution < 1.29 is 9.47 Å². The minimum atomic E-state index is 0.258. The van der Waals surface area contributed by atoms with Gasteiger partial charge >= 0.3 is 0 Å². The maximum atomic E-state index is 5.91. The lowest BCUT2D eigenvalue weighted by Crippen LogP contribution is -2.32. The number of likely N-dealkylation sites (N-methyl/N-ethyl adjacent to an activating group) is 1. The van der Waals surface area contributed by atoms with Crippen LogP contribution in [-0.2, 0) is 11.2 Å². The molecule has 1 aliphatic rings. The number of fused-ring (bicyclic) bond motifs is 1. The number of nitrogens with one attached hydrogen (secondary N) is 1. The molecule has 20 heavy (non-hydrogen) atoms. The van der Waals surface area contributed by atoms with E-state index in [9.17, 15) is 0 Å². The number of ether oxygens (including phenoxy) is 2. The molecule has 1 aromatic carbocycles. The van der Waals surface area contributed by atoms with E-state index in [1.807, 2.05) is 0 Å². The largest absolute Gasteiger partial charge is 0.488 e. The van der Waals surface area contributed by atoms with Gasteiger partial charge in [-0.3, -0.25) is 0 Å². The third-order valence-corrected chi connectivity index (χ3v) is 3.44. The van der Waals surface area contributed by atoms with Gasteiger partial charge in [-0.1, -0.05) is 17.7 Å². The average Bonchev–Trinajstić information content (AvgIpc) is 2.79. The van der Waals surface area contributed by atoms with Crippen LogP contribution in [0.1, 0.15) is 11.1 Å². The Morgan fingerprint density at radius 3 is 3.00 bits per heavy atom. The predicted molar refractivity (Wildman–Crippen MR) is 81.5 cm³/mol. The van der Waals surface area contributed by atoms with Crippen molar-refractivity contribution >= 4 is 0 Å². The van der Waals surface area contributed by atoms with Crippen LogP contribution in [0.5, 0.6) is 5.75 Å². The zero-order valence-electron chi connectivity index (χ0n) is 12.8. The maximum absolute atomic E-state index is 5.91. The summed E-state index contributed by atoms with van der Waals surface area (Å²) in [5.41, 5.74) is 2.63. The van der Waals surface area contributed by atoms with Gasteiger partial charge in [0.2, 0.25) is 0 Å². The van der Waals surface area contributed by atoms with Crippen LogP contribution in [0.4, 0.5) is 0 Å². The van der Waals surface area contributed by atoms with E-state index < -0.39 is 0 Å². The first-order valence-corrected chi connectivity index (χ1v) is 7.34. The zero-order valence-corrected chi connectivity index (χ0v) is 12.8. The molecule has 1 aromatic rings. The Kier molecular flexibility index (Phi) is 5.83. The Balaban J connectivity index is 1.56. The second-order valence-electron chi connectivity index (χ2n) is 5.67. The minimum Gasteiger partial charge on any atom is -0.488 e. The van der Waals surface area contributed by atoms with Crippen molar-refractivity contribution in [2.45, 2.75) is 19.4 Å². The lowest BCUT2D eigenvalue weighted by Gasteiger charge is -2.13. The van der Waals surface area contributed by atoms with E-state index >= 15 is 0 Å². The molecular formula is C16H26N2O2. The first-order chi connectivity index (χ1) is 9.65. The van der Waals surface area contributed by atoms with E-state index in [1.54, 1.807) is 0 Å². The van der Waals surface area contributed by atoms with Gasteiger partial charge in [0.05, 0.1) is 13.2 Å². The Labute approximate surface area is 122 Å². The fourth-order valence-electron chi connectivity index (χ4n) is 2.32.